The van der Waals surface area contributed by atoms with Crippen LogP contribution in [0.2, 0.25) is 0 Å². The standard InChI is InChI=1S/C18H38N4O.HI/c1-4-13-22(14-5-2)15-7-12-20-18(19-6-3)21-16-8-10-17(23)11-9-16;/h16-17,23H,4-15H2,1-3H3,(H2,19,20,21);1H. The fraction of sp³-hybridized carbons (Fsp3) is 0.944. The van der Waals surface area contributed by atoms with Crippen LogP contribution in [0.3, 0.4) is 0 Å². The molecular formula is C18H39IN4O. The van der Waals surface area contributed by atoms with Gasteiger partial charge in [-0.25, -0.2) is 0 Å². The molecule has 0 aromatic rings. The molecular weight excluding hydrogens is 415 g/mol. The Morgan fingerprint density at radius 1 is 1.04 bits per heavy atom. The zero-order valence-corrected chi connectivity index (χ0v) is 18.2. The SMILES string of the molecule is CCCN(CCC)CCCN=C(NCC)NC1CCC(O)CC1.I. The van der Waals surface area contributed by atoms with E-state index in [4.69, 9.17) is 4.99 Å². The summed E-state index contributed by atoms with van der Waals surface area (Å²) in [6.07, 6.45) is 7.33. The Hall–Kier alpha value is -0.0800. The number of nitrogens with one attached hydrogen (secondary N) is 2. The fourth-order valence-electron chi connectivity index (χ4n) is 3.19. The third-order valence-electron chi connectivity index (χ3n) is 4.36. The zero-order valence-electron chi connectivity index (χ0n) is 15.9. The van der Waals surface area contributed by atoms with Gasteiger partial charge in [0, 0.05) is 19.1 Å². The lowest BCUT2D eigenvalue weighted by atomic mass is 9.93. The molecule has 1 aliphatic carbocycles. The van der Waals surface area contributed by atoms with E-state index in [9.17, 15) is 5.11 Å². The van der Waals surface area contributed by atoms with Crippen LogP contribution in [0, 0.1) is 0 Å². The number of halogens is 1. The number of aliphatic imine (C=N–C) groups is 1. The summed E-state index contributed by atoms with van der Waals surface area (Å²) in [6, 6.07) is 0.452. The van der Waals surface area contributed by atoms with Gasteiger partial charge in [0.15, 0.2) is 5.96 Å². The van der Waals surface area contributed by atoms with Gasteiger partial charge in [0.05, 0.1) is 6.10 Å². The molecule has 1 aliphatic rings. The van der Waals surface area contributed by atoms with Gasteiger partial charge in [-0.15, -0.1) is 24.0 Å². The van der Waals surface area contributed by atoms with E-state index in [0.717, 1.165) is 57.7 Å². The molecule has 0 radical (unpaired) electrons. The molecule has 0 unspecified atom stereocenters. The molecule has 5 nitrogen and oxygen atoms in total. The van der Waals surface area contributed by atoms with Crippen molar-refractivity contribution >= 4 is 29.9 Å². The van der Waals surface area contributed by atoms with Crippen LogP contribution in [-0.4, -0.2) is 60.8 Å². The molecule has 0 bridgehead atoms. The number of rotatable bonds is 10. The molecule has 0 heterocycles. The van der Waals surface area contributed by atoms with E-state index in [0.29, 0.717) is 6.04 Å². The van der Waals surface area contributed by atoms with Gasteiger partial charge in [0.2, 0.25) is 0 Å². The highest BCUT2D eigenvalue weighted by molar-refractivity contribution is 14.0. The summed E-state index contributed by atoms with van der Waals surface area (Å²) in [4.78, 5) is 7.26. The maximum Gasteiger partial charge on any atom is 0.191 e. The van der Waals surface area contributed by atoms with Crippen molar-refractivity contribution in [3.05, 3.63) is 0 Å². The highest BCUT2D eigenvalue weighted by Crippen LogP contribution is 2.18. The van der Waals surface area contributed by atoms with Crippen LogP contribution in [0.25, 0.3) is 0 Å². The molecule has 1 rings (SSSR count). The Bertz CT molecular complexity index is 314. The first kappa shape index (κ1) is 23.9. The third-order valence-corrected chi connectivity index (χ3v) is 4.36. The van der Waals surface area contributed by atoms with Gasteiger partial charge in [-0.1, -0.05) is 13.8 Å². The van der Waals surface area contributed by atoms with Gasteiger partial charge in [-0.3, -0.25) is 4.99 Å². The maximum atomic E-state index is 9.60. The van der Waals surface area contributed by atoms with Crippen LogP contribution >= 0.6 is 24.0 Å². The molecule has 6 heteroatoms. The monoisotopic (exact) mass is 454 g/mol. The van der Waals surface area contributed by atoms with Crippen molar-refractivity contribution < 1.29 is 5.11 Å². The molecule has 1 saturated carbocycles. The van der Waals surface area contributed by atoms with E-state index in [1.54, 1.807) is 0 Å². The normalized spacial score (nSPS) is 21.5. The number of guanidine groups is 1. The highest BCUT2D eigenvalue weighted by atomic mass is 127. The molecule has 0 amide bonds. The van der Waals surface area contributed by atoms with Crippen molar-refractivity contribution in [2.24, 2.45) is 4.99 Å². The van der Waals surface area contributed by atoms with E-state index < -0.39 is 0 Å². The quantitative estimate of drug-likeness (QED) is 0.206. The Morgan fingerprint density at radius 3 is 2.21 bits per heavy atom. The molecule has 24 heavy (non-hydrogen) atoms. The fourth-order valence-corrected chi connectivity index (χ4v) is 3.19. The average molecular weight is 454 g/mol. The van der Waals surface area contributed by atoms with Crippen LogP contribution in [0.15, 0.2) is 4.99 Å². The van der Waals surface area contributed by atoms with E-state index in [-0.39, 0.29) is 30.1 Å². The average Bonchev–Trinajstić information content (AvgIpc) is 2.54. The van der Waals surface area contributed by atoms with Crippen molar-refractivity contribution in [1.29, 1.82) is 0 Å². The first-order chi connectivity index (χ1) is 11.2. The van der Waals surface area contributed by atoms with Crippen molar-refractivity contribution in [3.63, 3.8) is 0 Å². The van der Waals surface area contributed by atoms with Gasteiger partial charge in [-0.2, -0.15) is 0 Å². The molecule has 0 atom stereocenters. The number of nitrogens with zero attached hydrogens (tertiary/aromatic N) is 2. The Morgan fingerprint density at radius 2 is 1.67 bits per heavy atom. The molecule has 144 valence electrons. The third kappa shape index (κ3) is 10.7. The van der Waals surface area contributed by atoms with Gasteiger partial charge >= 0.3 is 0 Å². The predicted octanol–water partition coefficient (Wildman–Crippen LogP) is 2.98. The number of hydrogen-bond acceptors (Lipinski definition) is 3. The minimum absolute atomic E-state index is 0. The smallest absolute Gasteiger partial charge is 0.191 e. The zero-order chi connectivity index (χ0) is 16.9. The molecule has 0 aromatic heterocycles. The van der Waals surface area contributed by atoms with Crippen molar-refractivity contribution in [2.75, 3.05) is 32.7 Å². The molecule has 0 aromatic carbocycles. The van der Waals surface area contributed by atoms with Gasteiger partial charge < -0.3 is 20.6 Å². The van der Waals surface area contributed by atoms with Gasteiger partial charge in [0.1, 0.15) is 0 Å². The second-order valence-electron chi connectivity index (χ2n) is 6.61. The topological polar surface area (TPSA) is 59.9 Å². The molecule has 0 spiro atoms. The predicted molar refractivity (Wildman–Crippen MR) is 114 cm³/mol. The second kappa shape index (κ2) is 15.2. The van der Waals surface area contributed by atoms with Crippen molar-refractivity contribution in [2.45, 2.75) is 77.9 Å². The molecule has 1 fully saturated rings. The van der Waals surface area contributed by atoms with Crippen molar-refractivity contribution in [1.82, 2.24) is 15.5 Å². The first-order valence-corrected chi connectivity index (χ1v) is 9.64. The summed E-state index contributed by atoms with van der Waals surface area (Å²) >= 11 is 0. The maximum absolute atomic E-state index is 9.60. The summed E-state index contributed by atoms with van der Waals surface area (Å²) in [5, 5.41) is 16.5. The second-order valence-corrected chi connectivity index (χ2v) is 6.61. The van der Waals surface area contributed by atoms with Crippen LogP contribution in [0.4, 0.5) is 0 Å². The summed E-state index contributed by atoms with van der Waals surface area (Å²) in [5.74, 6) is 0.937. The van der Waals surface area contributed by atoms with E-state index >= 15 is 0 Å². The van der Waals surface area contributed by atoms with Crippen LogP contribution in [0.5, 0.6) is 0 Å². The molecule has 0 saturated heterocycles. The lowest BCUT2D eigenvalue weighted by molar-refractivity contribution is 0.120. The summed E-state index contributed by atoms with van der Waals surface area (Å²) in [5.41, 5.74) is 0. The summed E-state index contributed by atoms with van der Waals surface area (Å²) in [7, 11) is 0. The van der Waals surface area contributed by atoms with Crippen LogP contribution in [0.1, 0.15) is 65.7 Å². The minimum Gasteiger partial charge on any atom is -0.393 e. The Kier molecular flexibility index (Phi) is 15.1. The van der Waals surface area contributed by atoms with Gasteiger partial charge in [-0.05, 0) is 71.5 Å². The van der Waals surface area contributed by atoms with Crippen molar-refractivity contribution in [3.8, 4) is 0 Å². The van der Waals surface area contributed by atoms with Crippen LogP contribution < -0.4 is 10.6 Å². The Balaban J connectivity index is 0.00000529. The lowest BCUT2D eigenvalue weighted by Gasteiger charge is -2.27. The molecule has 3 N–H and O–H groups in total. The van der Waals surface area contributed by atoms with E-state index in [1.165, 1.54) is 25.9 Å². The Labute approximate surface area is 166 Å². The largest absolute Gasteiger partial charge is 0.393 e. The number of aliphatic hydroxyl groups excluding tert-OH is 1. The molecule has 0 aliphatic heterocycles. The summed E-state index contributed by atoms with van der Waals surface area (Å²) < 4.78 is 0. The number of hydrogen-bond donors (Lipinski definition) is 3. The van der Waals surface area contributed by atoms with Gasteiger partial charge in [0.25, 0.3) is 0 Å². The van der Waals surface area contributed by atoms with Crippen LogP contribution in [-0.2, 0) is 0 Å². The highest BCUT2D eigenvalue weighted by Gasteiger charge is 2.19. The lowest BCUT2D eigenvalue weighted by Crippen LogP contribution is -2.45. The van der Waals surface area contributed by atoms with E-state index in [2.05, 4.69) is 36.3 Å². The first-order valence-electron chi connectivity index (χ1n) is 9.64. The number of aliphatic hydroxyl groups is 1. The summed E-state index contributed by atoms with van der Waals surface area (Å²) in [6.45, 7) is 11.9. The van der Waals surface area contributed by atoms with E-state index in [1.807, 2.05) is 0 Å². The minimum atomic E-state index is -0.101.